The Morgan fingerprint density at radius 2 is 2.15 bits per heavy atom. The van der Waals surface area contributed by atoms with Gasteiger partial charge in [0, 0.05) is 0 Å². The molecule has 1 atom stereocenters. The maximum absolute atomic E-state index is 12.9. The van der Waals surface area contributed by atoms with Crippen molar-refractivity contribution in [2.75, 3.05) is 6.61 Å². The van der Waals surface area contributed by atoms with Crippen LogP contribution in [0.1, 0.15) is 32.6 Å². The highest BCUT2D eigenvalue weighted by Gasteiger charge is 2.25. The van der Waals surface area contributed by atoms with Crippen LogP contribution in [0.4, 0.5) is 4.39 Å². The predicted octanol–water partition coefficient (Wildman–Crippen LogP) is 1.80. The van der Waals surface area contributed by atoms with Gasteiger partial charge >= 0.3 is 5.97 Å². The number of hydrogen-bond donors (Lipinski definition) is 0. The fourth-order valence-electron chi connectivity index (χ4n) is 1.46. The SMILES string of the molecule is CCOC(=O)C(F)OC1CCCC1. The van der Waals surface area contributed by atoms with E-state index in [1.807, 2.05) is 0 Å². The molecule has 1 rings (SSSR count). The first-order valence-corrected chi connectivity index (χ1v) is 4.70. The summed E-state index contributed by atoms with van der Waals surface area (Å²) in [7, 11) is 0. The molecular weight excluding hydrogens is 175 g/mol. The topological polar surface area (TPSA) is 35.5 Å². The molecule has 0 aromatic heterocycles. The summed E-state index contributed by atoms with van der Waals surface area (Å²) in [5.74, 6) is -0.908. The lowest BCUT2D eigenvalue weighted by atomic mass is 10.3. The minimum absolute atomic E-state index is 0.0978. The summed E-state index contributed by atoms with van der Waals surface area (Å²) in [6, 6.07) is 0. The molecule has 0 aromatic carbocycles. The van der Waals surface area contributed by atoms with E-state index in [9.17, 15) is 9.18 Å². The van der Waals surface area contributed by atoms with Crippen molar-refractivity contribution < 1.29 is 18.7 Å². The maximum Gasteiger partial charge on any atom is 0.368 e. The van der Waals surface area contributed by atoms with E-state index in [0.29, 0.717) is 0 Å². The molecule has 4 heteroatoms. The second-order valence-corrected chi connectivity index (χ2v) is 3.11. The lowest BCUT2D eigenvalue weighted by Crippen LogP contribution is -2.26. The number of carbonyl (C=O) groups excluding carboxylic acids is 1. The summed E-state index contributed by atoms with van der Waals surface area (Å²) in [6.45, 7) is 1.83. The Kier molecular flexibility index (Phi) is 4.15. The summed E-state index contributed by atoms with van der Waals surface area (Å²) < 4.78 is 22.3. The average Bonchev–Trinajstić information content (AvgIpc) is 2.57. The van der Waals surface area contributed by atoms with E-state index in [1.54, 1.807) is 6.92 Å². The molecule has 3 nitrogen and oxygen atoms in total. The zero-order chi connectivity index (χ0) is 9.68. The zero-order valence-electron chi connectivity index (χ0n) is 7.79. The monoisotopic (exact) mass is 190 g/mol. The van der Waals surface area contributed by atoms with Gasteiger partial charge in [0.2, 0.25) is 0 Å². The minimum atomic E-state index is -1.90. The Balaban J connectivity index is 2.22. The van der Waals surface area contributed by atoms with Crippen molar-refractivity contribution in [3.8, 4) is 0 Å². The highest BCUT2D eigenvalue weighted by atomic mass is 19.1. The van der Waals surface area contributed by atoms with E-state index < -0.39 is 12.3 Å². The number of alkyl halides is 1. The summed E-state index contributed by atoms with van der Waals surface area (Å²) >= 11 is 0. The second kappa shape index (κ2) is 5.17. The molecule has 0 spiro atoms. The highest BCUT2D eigenvalue weighted by molar-refractivity contribution is 5.72. The van der Waals surface area contributed by atoms with Gasteiger partial charge in [0.05, 0.1) is 12.7 Å². The van der Waals surface area contributed by atoms with Crippen LogP contribution in [-0.4, -0.2) is 25.0 Å². The van der Waals surface area contributed by atoms with Gasteiger partial charge in [0.25, 0.3) is 6.36 Å². The van der Waals surface area contributed by atoms with Crippen LogP contribution in [0.2, 0.25) is 0 Å². The van der Waals surface area contributed by atoms with Crippen LogP contribution in [0.5, 0.6) is 0 Å². The van der Waals surface area contributed by atoms with E-state index in [0.717, 1.165) is 25.7 Å². The third-order valence-electron chi connectivity index (χ3n) is 2.09. The summed E-state index contributed by atoms with van der Waals surface area (Å²) in [4.78, 5) is 10.8. The van der Waals surface area contributed by atoms with Crippen molar-refractivity contribution in [3.63, 3.8) is 0 Å². The fourth-order valence-corrected chi connectivity index (χ4v) is 1.46. The molecule has 1 fully saturated rings. The molecule has 1 aliphatic rings. The molecular formula is C9H15FO3. The molecule has 1 saturated carbocycles. The quantitative estimate of drug-likeness (QED) is 0.634. The van der Waals surface area contributed by atoms with Gasteiger partial charge in [0.1, 0.15) is 0 Å². The van der Waals surface area contributed by atoms with Crippen LogP contribution in [-0.2, 0) is 14.3 Å². The summed E-state index contributed by atoms with van der Waals surface area (Å²) in [5, 5.41) is 0. The van der Waals surface area contributed by atoms with Crippen molar-refractivity contribution in [3.05, 3.63) is 0 Å². The summed E-state index contributed by atoms with van der Waals surface area (Å²) in [5.41, 5.74) is 0. The van der Waals surface area contributed by atoms with Crippen molar-refractivity contribution in [2.45, 2.75) is 45.1 Å². The van der Waals surface area contributed by atoms with Gasteiger partial charge in [0.15, 0.2) is 0 Å². The largest absolute Gasteiger partial charge is 0.462 e. The van der Waals surface area contributed by atoms with Gasteiger partial charge in [-0.1, -0.05) is 12.8 Å². The van der Waals surface area contributed by atoms with Gasteiger partial charge in [-0.3, -0.25) is 0 Å². The van der Waals surface area contributed by atoms with Crippen LogP contribution < -0.4 is 0 Å². The standard InChI is InChI=1S/C9H15FO3/c1-2-12-9(11)8(10)13-7-5-3-4-6-7/h7-8H,2-6H2,1H3. The Hall–Kier alpha value is -0.640. The molecule has 0 aliphatic heterocycles. The molecule has 0 bridgehead atoms. The maximum atomic E-state index is 12.9. The fraction of sp³-hybridized carbons (Fsp3) is 0.889. The van der Waals surface area contributed by atoms with Gasteiger partial charge < -0.3 is 9.47 Å². The van der Waals surface area contributed by atoms with Crippen LogP contribution in [0.25, 0.3) is 0 Å². The van der Waals surface area contributed by atoms with E-state index >= 15 is 0 Å². The number of ether oxygens (including phenoxy) is 2. The van der Waals surface area contributed by atoms with E-state index in [-0.39, 0.29) is 12.7 Å². The average molecular weight is 190 g/mol. The molecule has 0 saturated heterocycles. The molecule has 13 heavy (non-hydrogen) atoms. The number of esters is 1. The molecule has 1 unspecified atom stereocenters. The van der Waals surface area contributed by atoms with E-state index in [2.05, 4.69) is 4.74 Å². The second-order valence-electron chi connectivity index (χ2n) is 3.11. The normalized spacial score (nSPS) is 20.2. The van der Waals surface area contributed by atoms with Crippen LogP contribution in [0.15, 0.2) is 0 Å². The van der Waals surface area contributed by atoms with E-state index in [4.69, 9.17) is 4.74 Å². The van der Waals surface area contributed by atoms with Gasteiger partial charge in [-0.25, -0.2) is 9.18 Å². The Morgan fingerprint density at radius 1 is 1.54 bits per heavy atom. The predicted molar refractivity (Wildman–Crippen MR) is 44.9 cm³/mol. The summed E-state index contributed by atoms with van der Waals surface area (Å²) in [6.07, 6.45) is 1.81. The number of hydrogen-bond acceptors (Lipinski definition) is 3. The van der Waals surface area contributed by atoms with Crippen molar-refractivity contribution in [2.24, 2.45) is 0 Å². The van der Waals surface area contributed by atoms with Crippen LogP contribution in [0.3, 0.4) is 0 Å². The Bertz CT molecular complexity index is 166. The Morgan fingerprint density at radius 3 is 2.69 bits per heavy atom. The molecule has 0 N–H and O–H groups in total. The van der Waals surface area contributed by atoms with Crippen molar-refractivity contribution >= 4 is 5.97 Å². The van der Waals surface area contributed by atoms with Crippen LogP contribution in [0, 0.1) is 0 Å². The molecule has 0 amide bonds. The molecule has 0 heterocycles. The first-order chi connectivity index (χ1) is 6.24. The zero-order valence-corrected chi connectivity index (χ0v) is 7.79. The smallest absolute Gasteiger partial charge is 0.368 e. The molecule has 0 aromatic rings. The van der Waals surface area contributed by atoms with Crippen molar-refractivity contribution in [1.29, 1.82) is 0 Å². The number of halogens is 1. The lowest BCUT2D eigenvalue weighted by molar-refractivity contribution is -0.175. The highest BCUT2D eigenvalue weighted by Crippen LogP contribution is 2.22. The Labute approximate surface area is 77.2 Å². The number of carbonyl (C=O) groups is 1. The molecule has 0 radical (unpaired) electrons. The lowest BCUT2D eigenvalue weighted by Gasteiger charge is -2.13. The van der Waals surface area contributed by atoms with Gasteiger partial charge in [-0.05, 0) is 19.8 Å². The van der Waals surface area contributed by atoms with Gasteiger partial charge in [-0.15, -0.1) is 0 Å². The first-order valence-electron chi connectivity index (χ1n) is 4.70. The minimum Gasteiger partial charge on any atom is -0.462 e. The first kappa shape index (κ1) is 10.4. The number of rotatable bonds is 4. The third kappa shape index (κ3) is 3.30. The van der Waals surface area contributed by atoms with Crippen molar-refractivity contribution in [1.82, 2.24) is 0 Å². The third-order valence-corrected chi connectivity index (χ3v) is 2.09. The van der Waals surface area contributed by atoms with Gasteiger partial charge in [-0.2, -0.15) is 0 Å². The van der Waals surface area contributed by atoms with E-state index in [1.165, 1.54) is 0 Å². The van der Waals surface area contributed by atoms with Crippen LogP contribution >= 0.6 is 0 Å². The molecule has 1 aliphatic carbocycles. The molecule has 76 valence electrons.